The Kier molecular flexibility index (Phi) is 22.4. The van der Waals surface area contributed by atoms with E-state index in [0.29, 0.717) is 19.4 Å². The number of carbonyl (C=O) groups excluding carboxylic acids is 1. The Morgan fingerprint density at radius 3 is 1.38 bits per heavy atom. The van der Waals surface area contributed by atoms with Gasteiger partial charge in [-0.1, -0.05) is 110 Å². The maximum absolute atomic E-state index is 11.7. The predicted molar refractivity (Wildman–Crippen MR) is 121 cm³/mol. The first-order valence-electron chi connectivity index (χ1n) is 12.5. The van der Waals surface area contributed by atoms with E-state index in [2.05, 4.69) is 6.92 Å². The molecule has 0 heterocycles. The summed E-state index contributed by atoms with van der Waals surface area (Å²) in [5, 5.41) is 8.57. The van der Waals surface area contributed by atoms with Gasteiger partial charge >= 0.3 is 11.9 Å². The maximum atomic E-state index is 11.7. The van der Waals surface area contributed by atoms with Crippen LogP contribution in [0.3, 0.4) is 0 Å². The smallest absolute Gasteiger partial charge is 0.305 e. The van der Waals surface area contributed by atoms with Crippen LogP contribution in [-0.2, 0) is 14.3 Å². The first kappa shape index (κ1) is 27.9. The van der Waals surface area contributed by atoms with Crippen LogP contribution < -0.4 is 0 Å². The lowest BCUT2D eigenvalue weighted by atomic mass is 10.0. The molecule has 0 aromatic heterocycles. The maximum Gasteiger partial charge on any atom is 0.305 e. The number of aliphatic carboxylic acids is 1. The predicted octanol–water partition coefficient (Wildman–Crippen LogP) is 7.83. The van der Waals surface area contributed by atoms with Gasteiger partial charge in [0.25, 0.3) is 0 Å². The zero-order chi connectivity index (χ0) is 21.4. The Balaban J connectivity index is 3.14. The molecular weight excluding hydrogens is 364 g/mol. The summed E-state index contributed by atoms with van der Waals surface area (Å²) in [6.45, 7) is 2.83. The van der Waals surface area contributed by atoms with Crippen molar-refractivity contribution in [3.63, 3.8) is 0 Å². The van der Waals surface area contributed by atoms with Crippen molar-refractivity contribution in [2.75, 3.05) is 6.61 Å². The molecule has 0 saturated heterocycles. The van der Waals surface area contributed by atoms with E-state index in [1.54, 1.807) is 0 Å². The Labute approximate surface area is 180 Å². The third-order valence-corrected chi connectivity index (χ3v) is 5.53. The van der Waals surface area contributed by atoms with Crippen LogP contribution >= 0.6 is 0 Å². The van der Waals surface area contributed by atoms with Crippen molar-refractivity contribution in [2.45, 2.75) is 142 Å². The van der Waals surface area contributed by atoms with Gasteiger partial charge in [-0.25, -0.2) is 0 Å². The van der Waals surface area contributed by atoms with Crippen LogP contribution in [0.5, 0.6) is 0 Å². The van der Waals surface area contributed by atoms with Gasteiger partial charge in [-0.3, -0.25) is 9.59 Å². The molecule has 4 nitrogen and oxygen atoms in total. The van der Waals surface area contributed by atoms with E-state index >= 15 is 0 Å². The zero-order valence-electron chi connectivity index (χ0n) is 19.2. The summed E-state index contributed by atoms with van der Waals surface area (Å²) in [7, 11) is 0. The van der Waals surface area contributed by atoms with E-state index in [9.17, 15) is 9.59 Å². The molecule has 0 aliphatic carbocycles. The molecule has 1 N–H and O–H groups in total. The normalized spacial score (nSPS) is 10.9. The number of esters is 1. The molecule has 172 valence electrons. The molecule has 0 atom stereocenters. The molecule has 0 aliphatic rings. The molecule has 0 aromatic carbocycles. The Bertz CT molecular complexity index is 368. The minimum absolute atomic E-state index is 0.0125. The van der Waals surface area contributed by atoms with Crippen LogP contribution in [0.25, 0.3) is 0 Å². The van der Waals surface area contributed by atoms with Gasteiger partial charge < -0.3 is 9.84 Å². The van der Waals surface area contributed by atoms with Crippen LogP contribution in [-0.4, -0.2) is 23.7 Å². The minimum Gasteiger partial charge on any atom is -0.481 e. The van der Waals surface area contributed by atoms with Crippen LogP contribution in [0.2, 0.25) is 0 Å². The first-order chi connectivity index (χ1) is 14.2. The highest BCUT2D eigenvalue weighted by Gasteiger charge is 2.02. The highest BCUT2D eigenvalue weighted by molar-refractivity contribution is 5.69. The molecule has 0 unspecified atom stereocenters. The molecule has 0 saturated carbocycles. The lowest BCUT2D eigenvalue weighted by molar-refractivity contribution is -0.144. The molecule has 4 heteroatoms. The van der Waals surface area contributed by atoms with Crippen LogP contribution in [0, 0.1) is 0 Å². The number of carboxylic acid groups (broad SMARTS) is 1. The summed E-state index contributed by atoms with van der Waals surface area (Å²) in [6.07, 6.45) is 23.7. The standard InChI is InChI=1S/C25H48O4/c1-2-3-4-5-12-16-19-22-25(28)29-23-20-17-14-11-9-7-6-8-10-13-15-18-21-24(26)27/h2-23H2,1H3,(H,26,27). The van der Waals surface area contributed by atoms with E-state index in [4.69, 9.17) is 9.84 Å². The van der Waals surface area contributed by atoms with Crippen molar-refractivity contribution in [2.24, 2.45) is 0 Å². The molecule has 0 aromatic rings. The molecule has 0 rings (SSSR count). The van der Waals surface area contributed by atoms with Gasteiger partial charge in [0, 0.05) is 12.8 Å². The average molecular weight is 413 g/mol. The first-order valence-corrected chi connectivity index (χ1v) is 12.5. The van der Waals surface area contributed by atoms with Crippen LogP contribution in [0.15, 0.2) is 0 Å². The number of ether oxygens (including phenoxy) is 1. The minimum atomic E-state index is -0.674. The summed E-state index contributed by atoms with van der Waals surface area (Å²) in [5.41, 5.74) is 0. The van der Waals surface area contributed by atoms with Gasteiger partial charge in [-0.2, -0.15) is 0 Å². The fourth-order valence-electron chi connectivity index (χ4n) is 3.63. The fourth-order valence-corrected chi connectivity index (χ4v) is 3.63. The van der Waals surface area contributed by atoms with Gasteiger partial charge in [0.15, 0.2) is 0 Å². The van der Waals surface area contributed by atoms with Crippen molar-refractivity contribution < 1.29 is 19.4 Å². The number of rotatable bonds is 23. The summed E-state index contributed by atoms with van der Waals surface area (Å²) < 4.78 is 5.33. The van der Waals surface area contributed by atoms with E-state index < -0.39 is 5.97 Å². The van der Waals surface area contributed by atoms with Crippen molar-refractivity contribution in [3.8, 4) is 0 Å². The van der Waals surface area contributed by atoms with Gasteiger partial charge in [0.05, 0.1) is 6.61 Å². The second-order valence-corrected chi connectivity index (χ2v) is 8.48. The Morgan fingerprint density at radius 2 is 0.931 bits per heavy atom. The molecule has 29 heavy (non-hydrogen) atoms. The number of hydrogen-bond donors (Lipinski definition) is 1. The zero-order valence-corrected chi connectivity index (χ0v) is 19.2. The van der Waals surface area contributed by atoms with Gasteiger partial charge in [0.1, 0.15) is 0 Å². The number of carboxylic acids is 1. The van der Waals surface area contributed by atoms with Crippen LogP contribution in [0.1, 0.15) is 142 Å². The summed E-state index contributed by atoms with van der Waals surface area (Å²) >= 11 is 0. The van der Waals surface area contributed by atoms with Gasteiger partial charge in [0.2, 0.25) is 0 Å². The molecule has 0 spiro atoms. The van der Waals surface area contributed by atoms with E-state index in [-0.39, 0.29) is 5.97 Å². The quantitative estimate of drug-likeness (QED) is 0.137. The summed E-state index contributed by atoms with van der Waals surface area (Å²) in [4.78, 5) is 22.1. The largest absolute Gasteiger partial charge is 0.481 e. The SMILES string of the molecule is CCCCCCCCCC(=O)OCCCCCCCCCCCCCCC(=O)O. The van der Waals surface area contributed by atoms with Gasteiger partial charge in [-0.05, 0) is 19.3 Å². The number of hydrogen-bond acceptors (Lipinski definition) is 3. The highest BCUT2D eigenvalue weighted by atomic mass is 16.5. The third kappa shape index (κ3) is 24.9. The topological polar surface area (TPSA) is 63.6 Å². The van der Waals surface area contributed by atoms with Crippen molar-refractivity contribution in [1.82, 2.24) is 0 Å². The second-order valence-electron chi connectivity index (χ2n) is 8.48. The summed E-state index contributed by atoms with van der Waals surface area (Å²) in [5.74, 6) is -0.687. The molecule has 0 fully saturated rings. The van der Waals surface area contributed by atoms with E-state index in [1.165, 1.54) is 83.5 Å². The fraction of sp³-hybridized carbons (Fsp3) is 0.920. The number of carbonyl (C=O) groups is 2. The molecule has 0 aliphatic heterocycles. The van der Waals surface area contributed by atoms with Crippen molar-refractivity contribution in [3.05, 3.63) is 0 Å². The van der Waals surface area contributed by atoms with E-state index in [0.717, 1.165) is 38.5 Å². The van der Waals surface area contributed by atoms with Gasteiger partial charge in [-0.15, -0.1) is 0 Å². The van der Waals surface area contributed by atoms with Crippen LogP contribution in [0.4, 0.5) is 0 Å². The van der Waals surface area contributed by atoms with E-state index in [1.807, 2.05) is 0 Å². The lowest BCUT2D eigenvalue weighted by Crippen LogP contribution is -2.05. The number of unbranched alkanes of at least 4 members (excludes halogenated alkanes) is 17. The van der Waals surface area contributed by atoms with Crippen molar-refractivity contribution in [1.29, 1.82) is 0 Å². The molecule has 0 radical (unpaired) electrons. The Morgan fingerprint density at radius 1 is 0.552 bits per heavy atom. The molecular formula is C25H48O4. The van der Waals surface area contributed by atoms with Crippen molar-refractivity contribution >= 4 is 11.9 Å². The Hall–Kier alpha value is -1.06. The third-order valence-electron chi connectivity index (χ3n) is 5.53. The lowest BCUT2D eigenvalue weighted by Gasteiger charge is -2.05. The second kappa shape index (κ2) is 23.2. The monoisotopic (exact) mass is 412 g/mol. The average Bonchev–Trinajstić information content (AvgIpc) is 2.70. The summed E-state index contributed by atoms with van der Waals surface area (Å²) in [6, 6.07) is 0. The molecule has 0 amide bonds. The molecule has 0 bridgehead atoms. The highest BCUT2D eigenvalue weighted by Crippen LogP contribution is 2.13.